The smallest absolute Gasteiger partial charge is 0.0241 e. The molecule has 0 N–H and O–H groups in total. The van der Waals surface area contributed by atoms with Crippen LogP contribution in [0.3, 0.4) is 0 Å². The predicted molar refractivity (Wildman–Crippen MR) is 53.1 cm³/mol. The fourth-order valence-electron chi connectivity index (χ4n) is 3.66. The highest BCUT2D eigenvalue weighted by Gasteiger charge is 2.52. The summed E-state index contributed by atoms with van der Waals surface area (Å²) in [6.45, 7) is 7.41. The third kappa shape index (κ3) is 1.03. The first-order chi connectivity index (χ1) is 5.56. The second kappa shape index (κ2) is 2.49. The molecule has 0 nitrogen and oxygen atoms in total. The summed E-state index contributed by atoms with van der Waals surface area (Å²) in [5.74, 6) is 1.02. The van der Waals surface area contributed by atoms with Gasteiger partial charge in [0.15, 0.2) is 0 Å². The maximum atomic E-state index is 2.50. The van der Waals surface area contributed by atoms with Crippen molar-refractivity contribution in [1.29, 1.82) is 0 Å². The Labute approximate surface area is 76.7 Å². The van der Waals surface area contributed by atoms with Gasteiger partial charge in [0.25, 0.3) is 0 Å². The van der Waals surface area contributed by atoms with E-state index in [0.29, 0.717) is 5.41 Å². The molecule has 2 saturated carbocycles. The molecule has 0 saturated heterocycles. The molecule has 0 heterocycles. The van der Waals surface area contributed by atoms with Crippen molar-refractivity contribution in [2.75, 3.05) is 0 Å². The van der Waals surface area contributed by atoms with Crippen molar-refractivity contribution in [3.05, 3.63) is 0 Å². The molecule has 1 spiro atoms. The standard InChI is InChI=1S/C12H22/c1-10-8-12(9-10)7-5-4-6-11(12,2)3/h10H,4-9H2,1-3H3. The van der Waals surface area contributed by atoms with Crippen LogP contribution in [0.25, 0.3) is 0 Å². The summed E-state index contributed by atoms with van der Waals surface area (Å²) < 4.78 is 0. The number of rotatable bonds is 0. The van der Waals surface area contributed by atoms with Gasteiger partial charge in [0.05, 0.1) is 0 Å². The van der Waals surface area contributed by atoms with Crippen LogP contribution in [0, 0.1) is 16.7 Å². The van der Waals surface area contributed by atoms with Crippen LogP contribution >= 0.6 is 0 Å². The minimum atomic E-state index is 0.651. The van der Waals surface area contributed by atoms with Crippen molar-refractivity contribution in [1.82, 2.24) is 0 Å². The Morgan fingerprint density at radius 2 is 1.58 bits per heavy atom. The minimum absolute atomic E-state index is 0.651. The van der Waals surface area contributed by atoms with Crippen molar-refractivity contribution in [2.24, 2.45) is 16.7 Å². The Balaban J connectivity index is 2.12. The Bertz CT molecular complexity index is 167. The highest BCUT2D eigenvalue weighted by atomic mass is 14.6. The highest BCUT2D eigenvalue weighted by Crippen LogP contribution is 2.63. The quantitative estimate of drug-likeness (QED) is 0.510. The van der Waals surface area contributed by atoms with Gasteiger partial charge < -0.3 is 0 Å². The van der Waals surface area contributed by atoms with Crippen molar-refractivity contribution in [3.63, 3.8) is 0 Å². The summed E-state index contributed by atoms with van der Waals surface area (Å²) in [6, 6.07) is 0. The van der Waals surface area contributed by atoms with E-state index in [4.69, 9.17) is 0 Å². The molecule has 0 aliphatic heterocycles. The van der Waals surface area contributed by atoms with E-state index in [0.717, 1.165) is 11.3 Å². The average molecular weight is 166 g/mol. The third-order valence-corrected chi connectivity index (χ3v) is 4.62. The fourth-order valence-corrected chi connectivity index (χ4v) is 3.66. The van der Waals surface area contributed by atoms with Crippen molar-refractivity contribution < 1.29 is 0 Å². The fraction of sp³-hybridized carbons (Fsp3) is 1.00. The van der Waals surface area contributed by atoms with Gasteiger partial charge in [0.1, 0.15) is 0 Å². The maximum Gasteiger partial charge on any atom is -0.0241 e. The first kappa shape index (κ1) is 8.59. The van der Waals surface area contributed by atoms with E-state index in [-0.39, 0.29) is 0 Å². The van der Waals surface area contributed by atoms with Gasteiger partial charge in [0, 0.05) is 0 Å². The van der Waals surface area contributed by atoms with Gasteiger partial charge in [-0.25, -0.2) is 0 Å². The van der Waals surface area contributed by atoms with E-state index in [1.807, 2.05) is 0 Å². The Hall–Kier alpha value is 0. The molecule has 0 aromatic heterocycles. The molecule has 0 heteroatoms. The topological polar surface area (TPSA) is 0 Å². The van der Waals surface area contributed by atoms with Crippen LogP contribution in [0.5, 0.6) is 0 Å². The summed E-state index contributed by atoms with van der Waals surface area (Å²) in [6.07, 6.45) is 8.99. The van der Waals surface area contributed by atoms with Gasteiger partial charge >= 0.3 is 0 Å². The second-order valence-electron chi connectivity index (χ2n) is 5.88. The summed E-state index contributed by atoms with van der Waals surface area (Å²) in [4.78, 5) is 0. The lowest BCUT2D eigenvalue weighted by Crippen LogP contribution is -2.49. The van der Waals surface area contributed by atoms with Gasteiger partial charge in [-0.3, -0.25) is 0 Å². The molecule has 0 unspecified atom stereocenters. The van der Waals surface area contributed by atoms with Gasteiger partial charge in [-0.1, -0.05) is 33.6 Å². The molecule has 0 bridgehead atoms. The lowest BCUT2D eigenvalue weighted by Gasteiger charge is -2.59. The predicted octanol–water partition coefficient (Wildman–Crippen LogP) is 4.00. The monoisotopic (exact) mass is 166 g/mol. The molecule has 0 atom stereocenters. The van der Waals surface area contributed by atoms with Crippen molar-refractivity contribution in [2.45, 2.75) is 59.3 Å². The summed E-state index contributed by atoms with van der Waals surface area (Å²) in [5, 5.41) is 0. The lowest BCUT2D eigenvalue weighted by atomic mass is 9.46. The molecule has 0 aromatic rings. The largest absolute Gasteiger partial charge is 0.0625 e. The molecule has 2 fully saturated rings. The van der Waals surface area contributed by atoms with Crippen LogP contribution in [-0.4, -0.2) is 0 Å². The third-order valence-electron chi connectivity index (χ3n) is 4.62. The van der Waals surface area contributed by atoms with Crippen molar-refractivity contribution in [3.8, 4) is 0 Å². The Morgan fingerprint density at radius 3 is 2.08 bits per heavy atom. The zero-order chi connectivity index (χ0) is 8.82. The zero-order valence-electron chi connectivity index (χ0n) is 8.82. The number of hydrogen-bond donors (Lipinski definition) is 0. The second-order valence-corrected chi connectivity index (χ2v) is 5.88. The van der Waals surface area contributed by atoms with Crippen LogP contribution < -0.4 is 0 Å². The van der Waals surface area contributed by atoms with Crippen LogP contribution in [-0.2, 0) is 0 Å². The molecule has 12 heavy (non-hydrogen) atoms. The van der Waals surface area contributed by atoms with E-state index < -0.39 is 0 Å². The van der Waals surface area contributed by atoms with E-state index in [1.165, 1.54) is 38.5 Å². The molecule has 70 valence electrons. The van der Waals surface area contributed by atoms with Gasteiger partial charge in [-0.15, -0.1) is 0 Å². The van der Waals surface area contributed by atoms with E-state index in [9.17, 15) is 0 Å². The molecular weight excluding hydrogens is 144 g/mol. The molecule has 2 aliphatic carbocycles. The van der Waals surface area contributed by atoms with E-state index in [2.05, 4.69) is 20.8 Å². The van der Waals surface area contributed by atoms with Crippen molar-refractivity contribution >= 4 is 0 Å². The molecule has 0 amide bonds. The summed E-state index contributed by atoms with van der Waals surface area (Å²) in [5.41, 5.74) is 1.42. The normalized spacial score (nSPS) is 45.8. The number of hydrogen-bond acceptors (Lipinski definition) is 0. The lowest BCUT2D eigenvalue weighted by molar-refractivity contribution is -0.0873. The van der Waals surface area contributed by atoms with E-state index in [1.54, 1.807) is 0 Å². The van der Waals surface area contributed by atoms with Crippen LogP contribution in [0.1, 0.15) is 59.3 Å². The van der Waals surface area contributed by atoms with Gasteiger partial charge in [-0.2, -0.15) is 0 Å². The Kier molecular flexibility index (Phi) is 1.79. The Morgan fingerprint density at radius 1 is 1.00 bits per heavy atom. The summed E-state index contributed by atoms with van der Waals surface area (Å²) in [7, 11) is 0. The molecule has 2 aliphatic rings. The van der Waals surface area contributed by atoms with Crippen LogP contribution in [0.2, 0.25) is 0 Å². The average Bonchev–Trinajstić information content (AvgIpc) is 1.91. The maximum absolute atomic E-state index is 2.50. The van der Waals surface area contributed by atoms with Crippen LogP contribution in [0.15, 0.2) is 0 Å². The van der Waals surface area contributed by atoms with Crippen LogP contribution in [0.4, 0.5) is 0 Å². The minimum Gasteiger partial charge on any atom is -0.0625 e. The van der Waals surface area contributed by atoms with E-state index >= 15 is 0 Å². The SMILES string of the molecule is CC1CC2(CCCCC2(C)C)C1. The molecule has 0 aromatic carbocycles. The molecular formula is C12H22. The zero-order valence-corrected chi connectivity index (χ0v) is 8.82. The van der Waals surface area contributed by atoms with Gasteiger partial charge in [-0.05, 0) is 42.4 Å². The highest BCUT2D eigenvalue weighted by molar-refractivity contribution is 5.02. The first-order valence-electron chi connectivity index (χ1n) is 5.56. The molecule has 2 rings (SSSR count). The molecule has 0 radical (unpaired) electrons. The first-order valence-corrected chi connectivity index (χ1v) is 5.56. The van der Waals surface area contributed by atoms with Gasteiger partial charge in [0.2, 0.25) is 0 Å². The summed E-state index contributed by atoms with van der Waals surface area (Å²) >= 11 is 0.